The minimum Gasteiger partial charge on any atom is -0.369 e. The van der Waals surface area contributed by atoms with Crippen molar-refractivity contribution in [2.75, 3.05) is 42.9 Å². The van der Waals surface area contributed by atoms with E-state index in [0.29, 0.717) is 12.6 Å². The molecule has 2 amide bonds. The Morgan fingerprint density at radius 2 is 1.85 bits per heavy atom. The van der Waals surface area contributed by atoms with Crippen molar-refractivity contribution in [1.29, 1.82) is 0 Å². The van der Waals surface area contributed by atoms with Gasteiger partial charge in [-0.05, 0) is 56.0 Å². The number of para-hydroxylation sites is 1. The Morgan fingerprint density at radius 3 is 2.61 bits per heavy atom. The van der Waals surface area contributed by atoms with E-state index in [2.05, 4.69) is 58.1 Å². The second-order valence-corrected chi connectivity index (χ2v) is 8.43. The lowest BCUT2D eigenvalue weighted by Gasteiger charge is -2.20. The van der Waals surface area contributed by atoms with Crippen molar-refractivity contribution in [2.24, 2.45) is 4.99 Å². The first-order chi connectivity index (χ1) is 15.7. The third-order valence-corrected chi connectivity index (χ3v) is 5.99. The van der Waals surface area contributed by atoms with Crippen LogP contribution in [0, 0.1) is 0 Å². The molecule has 2 fully saturated rings. The van der Waals surface area contributed by atoms with Crippen LogP contribution < -0.4 is 20.9 Å². The third-order valence-electron chi connectivity index (χ3n) is 5.99. The van der Waals surface area contributed by atoms with E-state index in [4.69, 9.17) is 4.99 Å². The molecule has 0 bridgehead atoms. The molecule has 178 valence electrons. The number of hydrogen-bond donors (Lipinski definition) is 3. The van der Waals surface area contributed by atoms with Crippen LogP contribution in [0.1, 0.15) is 31.7 Å². The summed E-state index contributed by atoms with van der Waals surface area (Å²) in [4.78, 5) is 21.4. The Kier molecular flexibility index (Phi) is 9.65. The molecular weight excluding hydrogens is 527 g/mol. The molecule has 3 N–H and O–H groups in total. The van der Waals surface area contributed by atoms with Crippen LogP contribution in [0.15, 0.2) is 59.6 Å². The minimum absolute atomic E-state index is 0. The van der Waals surface area contributed by atoms with E-state index >= 15 is 0 Å². The van der Waals surface area contributed by atoms with Gasteiger partial charge in [-0.15, -0.1) is 24.0 Å². The summed E-state index contributed by atoms with van der Waals surface area (Å²) in [5.41, 5.74) is 3.16. The number of amides is 2. The van der Waals surface area contributed by atoms with Crippen molar-refractivity contribution in [1.82, 2.24) is 15.5 Å². The van der Waals surface area contributed by atoms with E-state index in [1.807, 2.05) is 29.2 Å². The smallest absolute Gasteiger partial charge is 0.321 e. The maximum Gasteiger partial charge on any atom is 0.321 e. The van der Waals surface area contributed by atoms with Crippen LogP contribution in [0.2, 0.25) is 0 Å². The van der Waals surface area contributed by atoms with Crippen LogP contribution in [0.25, 0.3) is 0 Å². The first-order valence-corrected chi connectivity index (χ1v) is 11.7. The number of nitrogens with zero attached hydrogens (tertiary/aromatic N) is 3. The zero-order valence-electron chi connectivity index (χ0n) is 19.3. The number of rotatable bonds is 6. The second kappa shape index (κ2) is 12.7. The third kappa shape index (κ3) is 7.25. The molecule has 0 saturated carbocycles. The summed E-state index contributed by atoms with van der Waals surface area (Å²) in [6.07, 6.45) is 3.26. The Bertz CT molecular complexity index is 916. The first-order valence-electron chi connectivity index (χ1n) is 11.7. The van der Waals surface area contributed by atoms with E-state index in [1.165, 1.54) is 5.69 Å². The average molecular weight is 563 g/mol. The number of urea groups is 1. The van der Waals surface area contributed by atoms with E-state index < -0.39 is 0 Å². The number of carbonyl (C=O) groups excluding carboxylic acids is 1. The molecule has 2 saturated heterocycles. The van der Waals surface area contributed by atoms with Crippen molar-refractivity contribution in [2.45, 2.75) is 38.8 Å². The molecule has 2 aromatic rings. The van der Waals surface area contributed by atoms with Crippen molar-refractivity contribution in [3.05, 3.63) is 60.2 Å². The molecule has 0 aliphatic carbocycles. The monoisotopic (exact) mass is 562 g/mol. The van der Waals surface area contributed by atoms with Gasteiger partial charge >= 0.3 is 6.03 Å². The van der Waals surface area contributed by atoms with E-state index in [0.717, 1.165) is 69.2 Å². The maximum absolute atomic E-state index is 12.4. The molecule has 2 heterocycles. The lowest BCUT2D eigenvalue weighted by molar-refractivity contribution is 0.222. The molecule has 2 aliphatic heterocycles. The summed E-state index contributed by atoms with van der Waals surface area (Å²) < 4.78 is 0. The lowest BCUT2D eigenvalue weighted by Crippen LogP contribution is -2.44. The number of nitrogens with one attached hydrogen (secondary N) is 3. The summed E-state index contributed by atoms with van der Waals surface area (Å²) in [6.45, 7) is 7.14. The van der Waals surface area contributed by atoms with Gasteiger partial charge in [0.2, 0.25) is 0 Å². The Morgan fingerprint density at radius 1 is 1.06 bits per heavy atom. The number of likely N-dealkylation sites (tertiary alicyclic amines) is 1. The molecule has 0 radical (unpaired) electrons. The van der Waals surface area contributed by atoms with E-state index in [9.17, 15) is 4.79 Å². The fourth-order valence-electron chi connectivity index (χ4n) is 4.31. The number of guanidine groups is 1. The van der Waals surface area contributed by atoms with Crippen LogP contribution in [-0.4, -0.2) is 55.7 Å². The van der Waals surface area contributed by atoms with Crippen LogP contribution in [0.5, 0.6) is 0 Å². The van der Waals surface area contributed by atoms with Gasteiger partial charge in [-0.1, -0.05) is 30.3 Å². The van der Waals surface area contributed by atoms with Crippen LogP contribution >= 0.6 is 24.0 Å². The molecule has 1 unspecified atom stereocenters. The van der Waals surface area contributed by atoms with Gasteiger partial charge < -0.3 is 25.8 Å². The summed E-state index contributed by atoms with van der Waals surface area (Å²) in [7, 11) is 0. The second-order valence-electron chi connectivity index (χ2n) is 8.43. The van der Waals surface area contributed by atoms with Crippen molar-refractivity contribution >= 4 is 47.3 Å². The highest BCUT2D eigenvalue weighted by molar-refractivity contribution is 14.0. The average Bonchev–Trinajstić information content (AvgIpc) is 3.51. The molecule has 0 spiro atoms. The number of carbonyl (C=O) groups is 1. The standard InChI is InChI=1S/C25H34N6O.HI/c1-2-26-24(28-22-13-16-31(19-22)23-11-4-3-5-12-23)27-18-20-9-8-10-21(17-20)29-25(32)30-14-6-7-15-30;/h3-5,8-12,17,22H,2,6-7,13-16,18-19H2,1H3,(H,29,32)(H2,26,27,28);1H. The highest BCUT2D eigenvalue weighted by atomic mass is 127. The minimum atomic E-state index is -0.0117. The molecule has 7 nitrogen and oxygen atoms in total. The van der Waals surface area contributed by atoms with Crippen LogP contribution in [0.4, 0.5) is 16.2 Å². The number of benzene rings is 2. The number of aliphatic imine (C=N–C) groups is 1. The topological polar surface area (TPSA) is 72.0 Å². The first kappa shape index (κ1) is 25.1. The molecular formula is C25H35IN6O. The summed E-state index contributed by atoms with van der Waals surface area (Å²) in [6, 6.07) is 18.9. The van der Waals surface area contributed by atoms with Gasteiger partial charge in [0, 0.05) is 50.1 Å². The number of hydrogen-bond acceptors (Lipinski definition) is 3. The van der Waals surface area contributed by atoms with Crippen molar-refractivity contribution < 1.29 is 4.79 Å². The van der Waals surface area contributed by atoms with Crippen LogP contribution in [0.3, 0.4) is 0 Å². The summed E-state index contributed by atoms with van der Waals surface area (Å²) in [5.74, 6) is 0.832. The van der Waals surface area contributed by atoms with E-state index in [-0.39, 0.29) is 30.0 Å². The molecule has 8 heteroatoms. The van der Waals surface area contributed by atoms with Crippen molar-refractivity contribution in [3.63, 3.8) is 0 Å². The molecule has 1 atom stereocenters. The normalized spacial score (nSPS) is 18.1. The SMILES string of the molecule is CCNC(=NCc1cccc(NC(=O)N2CCCC2)c1)NC1CCN(c2ccccc2)C1.I. The molecule has 4 rings (SSSR count). The summed E-state index contributed by atoms with van der Waals surface area (Å²) in [5, 5.41) is 9.97. The fraction of sp³-hybridized carbons (Fsp3) is 0.440. The maximum atomic E-state index is 12.4. The van der Waals surface area contributed by atoms with Gasteiger partial charge in [-0.3, -0.25) is 0 Å². The van der Waals surface area contributed by atoms with Gasteiger partial charge in [0.1, 0.15) is 0 Å². The van der Waals surface area contributed by atoms with E-state index in [1.54, 1.807) is 0 Å². The van der Waals surface area contributed by atoms with Gasteiger partial charge in [0.15, 0.2) is 5.96 Å². The zero-order valence-corrected chi connectivity index (χ0v) is 21.6. The molecule has 0 aromatic heterocycles. The van der Waals surface area contributed by atoms with Gasteiger partial charge in [-0.2, -0.15) is 0 Å². The van der Waals surface area contributed by atoms with Gasteiger partial charge in [-0.25, -0.2) is 9.79 Å². The van der Waals surface area contributed by atoms with Crippen LogP contribution in [-0.2, 0) is 6.54 Å². The predicted molar refractivity (Wildman–Crippen MR) is 147 cm³/mol. The molecule has 2 aliphatic rings. The quantitative estimate of drug-likeness (QED) is 0.280. The number of anilines is 2. The lowest BCUT2D eigenvalue weighted by atomic mass is 10.2. The largest absolute Gasteiger partial charge is 0.369 e. The van der Waals surface area contributed by atoms with Crippen molar-refractivity contribution in [3.8, 4) is 0 Å². The fourth-order valence-corrected chi connectivity index (χ4v) is 4.31. The highest BCUT2D eigenvalue weighted by Crippen LogP contribution is 2.20. The predicted octanol–water partition coefficient (Wildman–Crippen LogP) is 4.27. The Hall–Kier alpha value is -2.49. The summed E-state index contributed by atoms with van der Waals surface area (Å²) >= 11 is 0. The highest BCUT2D eigenvalue weighted by Gasteiger charge is 2.23. The molecule has 2 aromatic carbocycles. The molecule has 33 heavy (non-hydrogen) atoms. The Balaban J connectivity index is 0.00000306. The Labute approximate surface area is 214 Å². The zero-order chi connectivity index (χ0) is 22.2. The number of halogens is 1. The van der Waals surface area contributed by atoms with Gasteiger partial charge in [0.25, 0.3) is 0 Å². The van der Waals surface area contributed by atoms with Gasteiger partial charge in [0.05, 0.1) is 6.54 Å².